The Labute approximate surface area is 316 Å². The van der Waals surface area contributed by atoms with Gasteiger partial charge in [0.1, 0.15) is 21.9 Å². The molecule has 2 fully saturated rings. The van der Waals surface area contributed by atoms with Gasteiger partial charge in [0, 0.05) is 78.1 Å². The first kappa shape index (κ1) is 35.2. The number of aryl methyl sites for hydroxylation is 1. The standard InChI is InChI=1S/C35H44IN11OS2/c1-7-23-22-28(33(48-5)39-31(23)46-15-10-24(11-16-46)45-19-17-42(2)18-20-45)43(3)35-40-32(25-12-21-50-34(25)41-35)47(36)27-9-8-26-29(38-14-13-37-26)30(27)44(4)49-6/h8-9,12-14,21-22,24H,7,10-11,15-20H2,1-6H3. The molecule has 264 valence electrons. The van der Waals surface area contributed by atoms with Gasteiger partial charge >= 0.3 is 0 Å². The van der Waals surface area contributed by atoms with Crippen molar-refractivity contribution in [2.45, 2.75) is 32.2 Å². The van der Waals surface area contributed by atoms with Crippen molar-refractivity contribution < 1.29 is 4.74 Å². The lowest BCUT2D eigenvalue weighted by Gasteiger charge is -2.42. The Balaban J connectivity index is 1.21. The summed E-state index contributed by atoms with van der Waals surface area (Å²) in [6.07, 6.45) is 8.69. The van der Waals surface area contributed by atoms with Gasteiger partial charge < -0.3 is 23.7 Å². The van der Waals surface area contributed by atoms with Crippen LogP contribution in [-0.4, -0.2) is 115 Å². The van der Waals surface area contributed by atoms with E-state index in [1.807, 2.05) is 25.1 Å². The van der Waals surface area contributed by atoms with Crippen molar-refractivity contribution in [2.24, 2.45) is 0 Å². The lowest BCUT2D eigenvalue weighted by atomic mass is 10.0. The average molecular weight is 826 g/mol. The molecule has 1 aromatic carbocycles. The fourth-order valence-corrected chi connectivity index (χ4v) is 8.87. The number of hydrogen-bond acceptors (Lipinski definition) is 14. The van der Waals surface area contributed by atoms with Gasteiger partial charge in [-0.2, -0.15) is 9.97 Å². The van der Waals surface area contributed by atoms with E-state index in [0.717, 1.165) is 108 Å². The predicted octanol–water partition coefficient (Wildman–Crippen LogP) is 6.79. The lowest BCUT2D eigenvalue weighted by Crippen LogP contribution is -2.52. The fraction of sp³-hybridized carbons (Fsp3) is 0.457. The van der Waals surface area contributed by atoms with E-state index in [4.69, 9.17) is 24.7 Å². The molecule has 4 aromatic heterocycles. The van der Waals surface area contributed by atoms with Crippen molar-refractivity contribution in [3.8, 4) is 5.88 Å². The maximum atomic E-state index is 5.98. The van der Waals surface area contributed by atoms with Gasteiger partial charge in [-0.15, -0.1) is 11.3 Å². The second-order valence-electron chi connectivity index (χ2n) is 12.8. The summed E-state index contributed by atoms with van der Waals surface area (Å²) in [4.78, 5) is 35.2. The molecular weight excluding hydrogens is 781 g/mol. The van der Waals surface area contributed by atoms with Crippen LogP contribution in [0.25, 0.3) is 21.3 Å². The number of benzene rings is 1. The number of aromatic nitrogens is 5. The molecule has 12 nitrogen and oxygen atoms in total. The summed E-state index contributed by atoms with van der Waals surface area (Å²) in [6.45, 7) is 8.83. The number of nitrogens with zero attached hydrogens (tertiary/aromatic N) is 11. The third-order valence-electron chi connectivity index (χ3n) is 9.95. The number of likely N-dealkylation sites (N-methyl/N-ethyl adjacent to an activating group) is 1. The SMILES string of the molecule is CCc1cc(N(C)c2nc(N(I)c3ccc4nccnc4c3N(C)SC)c3ccsc3n2)c(OC)nc1N1CCC(N2CCN(C)CC2)CC1. The van der Waals surface area contributed by atoms with E-state index in [2.05, 4.69) is 93.8 Å². The monoisotopic (exact) mass is 825 g/mol. The zero-order valence-corrected chi connectivity index (χ0v) is 33.3. The second-order valence-corrected chi connectivity index (χ2v) is 15.5. The van der Waals surface area contributed by atoms with Crippen molar-refractivity contribution in [1.29, 1.82) is 0 Å². The molecule has 0 atom stereocenters. The Kier molecular flexibility index (Phi) is 10.7. The van der Waals surface area contributed by atoms with Crippen LogP contribution in [0.5, 0.6) is 5.88 Å². The zero-order chi connectivity index (χ0) is 34.9. The fourth-order valence-electron chi connectivity index (χ4n) is 6.99. The van der Waals surface area contributed by atoms with Crippen molar-refractivity contribution in [1.82, 2.24) is 34.7 Å². The highest BCUT2D eigenvalue weighted by Gasteiger charge is 2.30. The molecule has 0 radical (unpaired) electrons. The number of fused-ring (bicyclic) bond motifs is 2. The average Bonchev–Trinajstić information content (AvgIpc) is 3.65. The number of ether oxygens (including phenoxy) is 1. The number of halogens is 1. The number of rotatable bonds is 10. The third kappa shape index (κ3) is 6.74. The van der Waals surface area contributed by atoms with Crippen LogP contribution in [0.2, 0.25) is 0 Å². The predicted molar refractivity (Wildman–Crippen MR) is 218 cm³/mol. The van der Waals surface area contributed by atoms with Crippen LogP contribution in [0.1, 0.15) is 25.3 Å². The van der Waals surface area contributed by atoms with Crippen LogP contribution in [-0.2, 0) is 6.42 Å². The summed E-state index contributed by atoms with van der Waals surface area (Å²) in [5.41, 5.74) is 5.64. The topological polar surface area (TPSA) is 93.1 Å². The van der Waals surface area contributed by atoms with Crippen molar-refractivity contribution in [3.63, 3.8) is 0 Å². The number of pyridine rings is 1. The number of anilines is 6. The van der Waals surface area contributed by atoms with Gasteiger partial charge in [-0.3, -0.25) is 18.0 Å². The molecule has 0 spiro atoms. The molecule has 7 rings (SSSR count). The Hall–Kier alpha value is -3.25. The van der Waals surface area contributed by atoms with E-state index in [9.17, 15) is 0 Å². The summed E-state index contributed by atoms with van der Waals surface area (Å²) in [5, 5.41) is 3.05. The zero-order valence-electron chi connectivity index (χ0n) is 29.5. The van der Waals surface area contributed by atoms with E-state index >= 15 is 0 Å². The van der Waals surface area contributed by atoms with E-state index in [1.165, 1.54) is 5.56 Å². The minimum atomic E-state index is 0.569. The van der Waals surface area contributed by atoms with Gasteiger partial charge in [0.2, 0.25) is 11.8 Å². The molecule has 0 N–H and O–H groups in total. The smallest absolute Gasteiger partial charge is 0.239 e. The Morgan fingerprint density at radius 2 is 1.74 bits per heavy atom. The molecule has 0 saturated carbocycles. The molecule has 0 bridgehead atoms. The first-order valence-corrected chi connectivity index (χ1v) is 20.1. The Bertz CT molecular complexity index is 1960. The van der Waals surface area contributed by atoms with Crippen LogP contribution in [0.3, 0.4) is 0 Å². The van der Waals surface area contributed by atoms with Crippen molar-refractivity contribution >= 4 is 102 Å². The van der Waals surface area contributed by atoms with Gasteiger partial charge in [-0.1, -0.05) is 18.9 Å². The van der Waals surface area contributed by atoms with E-state index in [-0.39, 0.29) is 0 Å². The summed E-state index contributed by atoms with van der Waals surface area (Å²) in [5.74, 6) is 2.96. The summed E-state index contributed by atoms with van der Waals surface area (Å²) in [6, 6.07) is 9.04. The molecule has 15 heteroatoms. The van der Waals surface area contributed by atoms with Gasteiger partial charge in [0.05, 0.1) is 52.3 Å². The largest absolute Gasteiger partial charge is 0.479 e. The van der Waals surface area contributed by atoms with E-state index < -0.39 is 0 Å². The van der Waals surface area contributed by atoms with Gasteiger partial charge in [0.15, 0.2) is 5.82 Å². The van der Waals surface area contributed by atoms with Crippen LogP contribution in [0, 0.1) is 0 Å². The minimum absolute atomic E-state index is 0.569. The van der Waals surface area contributed by atoms with E-state index in [1.54, 1.807) is 42.8 Å². The number of hydrogen-bond donors (Lipinski definition) is 0. The normalized spacial score (nSPS) is 16.3. The molecule has 2 saturated heterocycles. The first-order chi connectivity index (χ1) is 24.3. The molecule has 0 amide bonds. The number of piperazine rings is 1. The van der Waals surface area contributed by atoms with Gasteiger partial charge in [-0.05, 0) is 61.5 Å². The van der Waals surface area contributed by atoms with Gasteiger partial charge in [0.25, 0.3) is 0 Å². The highest BCUT2D eigenvalue weighted by atomic mass is 127. The highest BCUT2D eigenvalue weighted by molar-refractivity contribution is 14.1. The van der Waals surface area contributed by atoms with Crippen LogP contribution >= 0.6 is 46.1 Å². The maximum absolute atomic E-state index is 5.98. The second kappa shape index (κ2) is 15.2. The maximum Gasteiger partial charge on any atom is 0.239 e. The minimum Gasteiger partial charge on any atom is -0.479 e. The number of thiophene rings is 1. The molecule has 5 aromatic rings. The molecule has 0 unspecified atom stereocenters. The molecule has 6 heterocycles. The molecular formula is C35H44IN11OS2. The van der Waals surface area contributed by atoms with Gasteiger partial charge in [-0.25, -0.2) is 4.98 Å². The lowest BCUT2D eigenvalue weighted by molar-refractivity contribution is 0.0981. The number of piperidine rings is 1. The van der Waals surface area contributed by atoms with Crippen molar-refractivity contribution in [2.75, 3.05) is 91.0 Å². The molecule has 2 aliphatic heterocycles. The van der Waals surface area contributed by atoms with Crippen LogP contribution in [0.4, 0.5) is 34.6 Å². The molecule has 50 heavy (non-hydrogen) atoms. The van der Waals surface area contributed by atoms with Crippen molar-refractivity contribution in [3.05, 3.63) is 47.6 Å². The summed E-state index contributed by atoms with van der Waals surface area (Å²) < 4.78 is 10.2. The Morgan fingerprint density at radius 1 is 0.980 bits per heavy atom. The number of methoxy groups -OCH3 is 1. The molecule has 2 aliphatic rings. The summed E-state index contributed by atoms with van der Waals surface area (Å²) >= 11 is 5.58. The first-order valence-electron chi connectivity index (χ1n) is 17.0. The van der Waals surface area contributed by atoms with Crippen LogP contribution < -0.4 is 22.0 Å². The quantitative estimate of drug-likeness (QED) is 0.0843. The third-order valence-corrected chi connectivity index (χ3v) is 12.5. The van der Waals surface area contributed by atoms with Crippen LogP contribution in [0.15, 0.2) is 42.0 Å². The van der Waals surface area contributed by atoms with E-state index in [0.29, 0.717) is 17.9 Å². The molecule has 0 aliphatic carbocycles. The highest BCUT2D eigenvalue weighted by Crippen LogP contribution is 2.45. The Morgan fingerprint density at radius 3 is 2.46 bits per heavy atom. The summed E-state index contributed by atoms with van der Waals surface area (Å²) in [7, 11) is 7.96.